The predicted octanol–water partition coefficient (Wildman–Crippen LogP) is 1.60. The summed E-state index contributed by atoms with van der Waals surface area (Å²) in [6.07, 6.45) is -0.619. The Kier molecular flexibility index (Phi) is 3.97. The lowest BCUT2D eigenvalue weighted by atomic mass is 10.3. The zero-order chi connectivity index (χ0) is 11.3. The molecule has 1 aromatic rings. The number of hydrogen-bond donors (Lipinski definition) is 1. The second-order valence-corrected chi connectivity index (χ2v) is 3.08. The van der Waals surface area contributed by atoms with Crippen LogP contribution in [0.1, 0.15) is 13.8 Å². The fourth-order valence-electron chi connectivity index (χ4n) is 1.10. The van der Waals surface area contributed by atoms with Crippen LogP contribution in [0.15, 0.2) is 24.3 Å². The van der Waals surface area contributed by atoms with Crippen LogP contribution in [0.5, 0.6) is 5.75 Å². The molecule has 0 amide bonds. The molecular weight excluding hydrogens is 194 g/mol. The van der Waals surface area contributed by atoms with E-state index in [1.54, 1.807) is 38.1 Å². The molecular formula is C11H15NO3. The Balaban J connectivity index is 2.58. The molecule has 0 aliphatic heterocycles. The third-order valence-corrected chi connectivity index (χ3v) is 1.79. The van der Waals surface area contributed by atoms with Crippen LogP contribution in [0.4, 0.5) is 5.69 Å². The van der Waals surface area contributed by atoms with E-state index in [0.717, 1.165) is 0 Å². The van der Waals surface area contributed by atoms with Crippen LogP contribution >= 0.6 is 0 Å². The highest BCUT2D eigenvalue weighted by Crippen LogP contribution is 2.16. The van der Waals surface area contributed by atoms with E-state index < -0.39 is 6.10 Å². The molecule has 0 bridgehead atoms. The summed E-state index contributed by atoms with van der Waals surface area (Å²) >= 11 is 0. The molecule has 1 atom stereocenters. The Labute approximate surface area is 89.0 Å². The van der Waals surface area contributed by atoms with Crippen LogP contribution in [0.3, 0.4) is 0 Å². The first-order valence-electron chi connectivity index (χ1n) is 4.82. The number of nitrogen functional groups attached to an aromatic ring is 1. The largest absolute Gasteiger partial charge is 0.479 e. The summed E-state index contributed by atoms with van der Waals surface area (Å²) < 4.78 is 10.2. The van der Waals surface area contributed by atoms with Gasteiger partial charge in [-0.1, -0.05) is 6.07 Å². The highest BCUT2D eigenvalue weighted by atomic mass is 16.6. The van der Waals surface area contributed by atoms with Gasteiger partial charge in [-0.25, -0.2) is 4.79 Å². The zero-order valence-electron chi connectivity index (χ0n) is 8.90. The third kappa shape index (κ3) is 3.50. The maximum atomic E-state index is 11.3. The van der Waals surface area contributed by atoms with Crippen LogP contribution in [0, 0.1) is 0 Å². The summed E-state index contributed by atoms with van der Waals surface area (Å²) in [5, 5.41) is 0. The molecule has 0 saturated heterocycles. The van der Waals surface area contributed by atoms with Gasteiger partial charge in [0.15, 0.2) is 6.10 Å². The Morgan fingerprint density at radius 1 is 1.53 bits per heavy atom. The van der Waals surface area contributed by atoms with E-state index >= 15 is 0 Å². The lowest BCUT2D eigenvalue weighted by molar-refractivity contribution is -0.150. The van der Waals surface area contributed by atoms with Gasteiger partial charge in [-0.3, -0.25) is 0 Å². The minimum atomic E-state index is -0.619. The third-order valence-electron chi connectivity index (χ3n) is 1.79. The van der Waals surface area contributed by atoms with Crippen molar-refractivity contribution < 1.29 is 14.3 Å². The molecule has 82 valence electrons. The normalized spacial score (nSPS) is 11.9. The van der Waals surface area contributed by atoms with E-state index in [-0.39, 0.29) is 5.97 Å². The van der Waals surface area contributed by atoms with Crippen molar-refractivity contribution in [1.29, 1.82) is 0 Å². The number of hydrogen-bond acceptors (Lipinski definition) is 4. The summed E-state index contributed by atoms with van der Waals surface area (Å²) in [5.41, 5.74) is 6.17. The second kappa shape index (κ2) is 5.24. The highest BCUT2D eigenvalue weighted by Gasteiger charge is 2.15. The Hall–Kier alpha value is -1.71. The van der Waals surface area contributed by atoms with Crippen molar-refractivity contribution in [2.45, 2.75) is 20.0 Å². The summed E-state index contributed by atoms with van der Waals surface area (Å²) in [4.78, 5) is 11.3. The van der Waals surface area contributed by atoms with E-state index in [9.17, 15) is 4.79 Å². The van der Waals surface area contributed by atoms with Crippen molar-refractivity contribution >= 4 is 11.7 Å². The molecule has 0 fully saturated rings. The van der Waals surface area contributed by atoms with Crippen LogP contribution in [0.25, 0.3) is 0 Å². The smallest absolute Gasteiger partial charge is 0.347 e. The highest BCUT2D eigenvalue weighted by molar-refractivity contribution is 5.74. The van der Waals surface area contributed by atoms with E-state index in [4.69, 9.17) is 15.2 Å². The summed E-state index contributed by atoms with van der Waals surface area (Å²) in [6, 6.07) is 6.92. The predicted molar refractivity (Wildman–Crippen MR) is 57.6 cm³/mol. The molecule has 0 unspecified atom stereocenters. The van der Waals surface area contributed by atoms with E-state index in [2.05, 4.69) is 0 Å². The first-order chi connectivity index (χ1) is 7.13. The molecule has 0 aromatic heterocycles. The van der Waals surface area contributed by atoms with Gasteiger partial charge in [0.2, 0.25) is 0 Å². The Morgan fingerprint density at radius 3 is 2.87 bits per heavy atom. The van der Waals surface area contributed by atoms with Gasteiger partial charge in [0.1, 0.15) is 5.75 Å². The average molecular weight is 209 g/mol. The number of anilines is 1. The summed E-state index contributed by atoms with van der Waals surface area (Å²) in [7, 11) is 0. The molecule has 0 radical (unpaired) electrons. The van der Waals surface area contributed by atoms with Gasteiger partial charge in [0.05, 0.1) is 6.61 Å². The van der Waals surface area contributed by atoms with Gasteiger partial charge in [0.25, 0.3) is 0 Å². The van der Waals surface area contributed by atoms with Gasteiger partial charge in [-0.2, -0.15) is 0 Å². The minimum absolute atomic E-state index is 0.351. The number of ether oxygens (including phenoxy) is 2. The number of carbonyl (C=O) groups excluding carboxylic acids is 1. The minimum Gasteiger partial charge on any atom is -0.479 e. The van der Waals surface area contributed by atoms with Gasteiger partial charge in [-0.15, -0.1) is 0 Å². The Morgan fingerprint density at radius 2 is 2.27 bits per heavy atom. The van der Waals surface area contributed by atoms with Crippen LogP contribution < -0.4 is 10.5 Å². The molecule has 15 heavy (non-hydrogen) atoms. The zero-order valence-corrected chi connectivity index (χ0v) is 8.90. The average Bonchev–Trinajstić information content (AvgIpc) is 2.18. The van der Waals surface area contributed by atoms with Crippen molar-refractivity contribution in [2.24, 2.45) is 0 Å². The lowest BCUT2D eigenvalue weighted by Gasteiger charge is -2.13. The van der Waals surface area contributed by atoms with Crippen molar-refractivity contribution in [1.82, 2.24) is 0 Å². The number of esters is 1. The van der Waals surface area contributed by atoms with Gasteiger partial charge in [-0.05, 0) is 26.0 Å². The van der Waals surface area contributed by atoms with Crippen LogP contribution in [-0.2, 0) is 9.53 Å². The van der Waals surface area contributed by atoms with Gasteiger partial charge in [0, 0.05) is 11.8 Å². The van der Waals surface area contributed by atoms with E-state index in [1.807, 2.05) is 0 Å². The molecule has 4 nitrogen and oxygen atoms in total. The van der Waals surface area contributed by atoms with E-state index in [0.29, 0.717) is 18.0 Å². The maximum Gasteiger partial charge on any atom is 0.347 e. The standard InChI is InChI=1S/C11H15NO3/c1-3-14-11(13)8(2)15-10-6-4-5-9(12)7-10/h4-8H,3,12H2,1-2H3/t8-/m0/s1. The van der Waals surface area contributed by atoms with Crippen molar-refractivity contribution in [3.63, 3.8) is 0 Å². The molecule has 1 rings (SSSR count). The molecule has 2 N–H and O–H groups in total. The fraction of sp³-hybridized carbons (Fsp3) is 0.364. The SMILES string of the molecule is CCOC(=O)[C@H](C)Oc1cccc(N)c1. The van der Waals surface area contributed by atoms with Crippen LogP contribution in [-0.4, -0.2) is 18.7 Å². The quantitative estimate of drug-likeness (QED) is 0.604. The molecule has 4 heteroatoms. The number of carbonyl (C=O) groups is 1. The maximum absolute atomic E-state index is 11.3. The summed E-state index contributed by atoms with van der Waals surface area (Å²) in [5.74, 6) is 0.190. The molecule has 0 heterocycles. The van der Waals surface area contributed by atoms with Gasteiger partial charge >= 0.3 is 5.97 Å². The fourth-order valence-corrected chi connectivity index (χ4v) is 1.10. The Bertz CT molecular complexity index is 338. The number of rotatable bonds is 4. The molecule has 0 aliphatic rings. The molecule has 1 aromatic carbocycles. The monoisotopic (exact) mass is 209 g/mol. The number of benzene rings is 1. The lowest BCUT2D eigenvalue weighted by Crippen LogP contribution is -2.26. The summed E-state index contributed by atoms with van der Waals surface area (Å²) in [6.45, 7) is 3.75. The van der Waals surface area contributed by atoms with Crippen molar-refractivity contribution in [3.05, 3.63) is 24.3 Å². The molecule has 0 aliphatic carbocycles. The molecule has 0 spiro atoms. The van der Waals surface area contributed by atoms with Crippen molar-refractivity contribution in [3.8, 4) is 5.75 Å². The first-order valence-corrected chi connectivity index (χ1v) is 4.82. The topological polar surface area (TPSA) is 61.5 Å². The van der Waals surface area contributed by atoms with Gasteiger partial charge < -0.3 is 15.2 Å². The first kappa shape index (κ1) is 11.4. The van der Waals surface area contributed by atoms with E-state index in [1.165, 1.54) is 0 Å². The molecule has 0 saturated carbocycles. The second-order valence-electron chi connectivity index (χ2n) is 3.08. The number of nitrogens with two attached hydrogens (primary N) is 1. The van der Waals surface area contributed by atoms with Crippen LogP contribution in [0.2, 0.25) is 0 Å². The van der Waals surface area contributed by atoms with Crippen molar-refractivity contribution in [2.75, 3.05) is 12.3 Å².